The predicted molar refractivity (Wildman–Crippen MR) is 102 cm³/mol. The molecule has 0 atom stereocenters. The standard InChI is InChI=1S/C19H21N3O2S/c1-5-13-9-7-8-11(3)15(13)22-17(23)16-12(4)14-18(24-6-2)20-10-21-19(14)25-16/h7-10H,5-6H2,1-4H3,(H,22,23). The maximum Gasteiger partial charge on any atom is 0.266 e. The summed E-state index contributed by atoms with van der Waals surface area (Å²) in [6.07, 6.45) is 2.34. The molecule has 1 amide bonds. The van der Waals surface area contributed by atoms with Gasteiger partial charge in [0.2, 0.25) is 5.88 Å². The highest BCUT2D eigenvalue weighted by Crippen LogP contribution is 2.35. The summed E-state index contributed by atoms with van der Waals surface area (Å²) in [7, 11) is 0. The van der Waals surface area contributed by atoms with Gasteiger partial charge in [0, 0.05) is 5.69 Å². The molecule has 3 rings (SSSR count). The van der Waals surface area contributed by atoms with Crippen LogP contribution in [0.25, 0.3) is 10.2 Å². The van der Waals surface area contributed by atoms with Crippen LogP contribution in [0.5, 0.6) is 5.88 Å². The molecule has 0 radical (unpaired) electrons. The number of nitrogens with one attached hydrogen (secondary N) is 1. The first-order valence-electron chi connectivity index (χ1n) is 8.33. The zero-order chi connectivity index (χ0) is 18.0. The number of benzene rings is 1. The lowest BCUT2D eigenvalue weighted by Gasteiger charge is -2.12. The van der Waals surface area contributed by atoms with Gasteiger partial charge in [-0.15, -0.1) is 11.3 Å². The number of aryl methyl sites for hydroxylation is 3. The Balaban J connectivity index is 2.01. The van der Waals surface area contributed by atoms with Crippen molar-refractivity contribution in [3.8, 4) is 5.88 Å². The SMILES string of the molecule is CCOc1ncnc2sc(C(=O)Nc3c(C)cccc3CC)c(C)c12. The molecule has 0 aliphatic rings. The minimum Gasteiger partial charge on any atom is -0.477 e. The van der Waals surface area contributed by atoms with Crippen LogP contribution in [0, 0.1) is 13.8 Å². The molecule has 2 heterocycles. The minimum absolute atomic E-state index is 0.119. The molecule has 2 aromatic heterocycles. The van der Waals surface area contributed by atoms with Crippen LogP contribution in [-0.2, 0) is 6.42 Å². The Kier molecular flexibility index (Phi) is 4.99. The molecule has 5 nitrogen and oxygen atoms in total. The van der Waals surface area contributed by atoms with Crippen molar-refractivity contribution in [1.29, 1.82) is 0 Å². The number of ether oxygens (including phenoxy) is 1. The monoisotopic (exact) mass is 355 g/mol. The Bertz CT molecular complexity index is 934. The van der Waals surface area contributed by atoms with Crippen molar-refractivity contribution in [3.05, 3.63) is 46.1 Å². The van der Waals surface area contributed by atoms with E-state index < -0.39 is 0 Å². The molecule has 6 heteroatoms. The minimum atomic E-state index is -0.119. The van der Waals surface area contributed by atoms with E-state index in [1.165, 1.54) is 17.7 Å². The lowest BCUT2D eigenvalue weighted by molar-refractivity contribution is 0.103. The van der Waals surface area contributed by atoms with E-state index in [1.54, 1.807) is 0 Å². The van der Waals surface area contributed by atoms with Gasteiger partial charge >= 0.3 is 0 Å². The maximum absolute atomic E-state index is 12.9. The number of para-hydroxylation sites is 1. The van der Waals surface area contributed by atoms with Gasteiger partial charge in [-0.2, -0.15) is 0 Å². The van der Waals surface area contributed by atoms with Gasteiger partial charge < -0.3 is 10.1 Å². The predicted octanol–water partition coefficient (Wildman–Crippen LogP) is 4.52. The van der Waals surface area contributed by atoms with Crippen LogP contribution < -0.4 is 10.1 Å². The number of rotatable bonds is 5. The molecule has 0 aliphatic heterocycles. The summed E-state index contributed by atoms with van der Waals surface area (Å²) in [6.45, 7) is 8.43. The van der Waals surface area contributed by atoms with E-state index in [9.17, 15) is 4.79 Å². The van der Waals surface area contributed by atoms with Crippen LogP contribution in [0.1, 0.15) is 40.2 Å². The highest BCUT2D eigenvalue weighted by Gasteiger charge is 2.21. The van der Waals surface area contributed by atoms with Gasteiger partial charge in [0.05, 0.1) is 16.9 Å². The summed E-state index contributed by atoms with van der Waals surface area (Å²) in [6, 6.07) is 6.06. The Morgan fingerprint density at radius 2 is 2.04 bits per heavy atom. The van der Waals surface area contributed by atoms with E-state index in [0.29, 0.717) is 17.4 Å². The number of nitrogens with zero attached hydrogens (tertiary/aromatic N) is 2. The van der Waals surface area contributed by atoms with Gasteiger partial charge in [0.25, 0.3) is 5.91 Å². The van der Waals surface area contributed by atoms with Gasteiger partial charge in [-0.05, 0) is 43.9 Å². The molecule has 0 bridgehead atoms. The second-order valence-electron chi connectivity index (χ2n) is 5.76. The van der Waals surface area contributed by atoms with Gasteiger partial charge in [0.1, 0.15) is 11.2 Å². The zero-order valence-electron chi connectivity index (χ0n) is 14.8. The van der Waals surface area contributed by atoms with Crippen molar-refractivity contribution in [2.45, 2.75) is 34.1 Å². The van der Waals surface area contributed by atoms with Crippen molar-refractivity contribution in [3.63, 3.8) is 0 Å². The molecular weight excluding hydrogens is 334 g/mol. The largest absolute Gasteiger partial charge is 0.477 e. The van der Waals surface area contributed by atoms with Crippen molar-refractivity contribution < 1.29 is 9.53 Å². The van der Waals surface area contributed by atoms with Crippen LogP contribution in [0.2, 0.25) is 0 Å². The number of carbonyl (C=O) groups is 1. The highest BCUT2D eigenvalue weighted by molar-refractivity contribution is 7.20. The molecule has 0 saturated carbocycles. The quantitative estimate of drug-likeness (QED) is 0.731. The Labute approximate surface area is 151 Å². The fourth-order valence-corrected chi connectivity index (χ4v) is 3.91. The average molecular weight is 355 g/mol. The smallest absolute Gasteiger partial charge is 0.266 e. The summed E-state index contributed by atoms with van der Waals surface area (Å²) in [5.41, 5.74) is 3.93. The number of aromatic nitrogens is 2. The van der Waals surface area contributed by atoms with Crippen molar-refractivity contribution in [1.82, 2.24) is 9.97 Å². The number of hydrogen-bond acceptors (Lipinski definition) is 5. The third kappa shape index (κ3) is 3.22. The van der Waals surface area contributed by atoms with Crippen molar-refractivity contribution in [2.24, 2.45) is 0 Å². The first-order valence-corrected chi connectivity index (χ1v) is 9.15. The summed E-state index contributed by atoms with van der Waals surface area (Å²) < 4.78 is 5.59. The van der Waals surface area contributed by atoms with E-state index in [0.717, 1.165) is 39.0 Å². The molecule has 1 N–H and O–H groups in total. The summed E-state index contributed by atoms with van der Waals surface area (Å²) in [4.78, 5) is 22.8. The number of thiophene rings is 1. The third-order valence-electron chi connectivity index (χ3n) is 4.16. The Hall–Kier alpha value is -2.47. The van der Waals surface area contributed by atoms with E-state index >= 15 is 0 Å². The van der Waals surface area contributed by atoms with Crippen LogP contribution in [0.15, 0.2) is 24.5 Å². The van der Waals surface area contributed by atoms with E-state index in [4.69, 9.17) is 4.74 Å². The average Bonchev–Trinajstić information content (AvgIpc) is 2.95. The summed E-state index contributed by atoms with van der Waals surface area (Å²) >= 11 is 1.37. The van der Waals surface area contributed by atoms with Gasteiger partial charge in [-0.3, -0.25) is 4.79 Å². The van der Waals surface area contributed by atoms with Crippen LogP contribution >= 0.6 is 11.3 Å². The Morgan fingerprint density at radius 1 is 1.24 bits per heavy atom. The van der Waals surface area contributed by atoms with Crippen LogP contribution in [0.3, 0.4) is 0 Å². The normalized spacial score (nSPS) is 10.9. The maximum atomic E-state index is 12.9. The van der Waals surface area contributed by atoms with Gasteiger partial charge in [0.15, 0.2) is 0 Å². The van der Waals surface area contributed by atoms with Crippen molar-refractivity contribution in [2.75, 3.05) is 11.9 Å². The van der Waals surface area contributed by atoms with Crippen LogP contribution in [0.4, 0.5) is 5.69 Å². The van der Waals surface area contributed by atoms with Gasteiger partial charge in [-0.1, -0.05) is 25.1 Å². The highest BCUT2D eigenvalue weighted by atomic mass is 32.1. The number of carbonyl (C=O) groups excluding carboxylic acids is 1. The van der Waals surface area contributed by atoms with E-state index in [-0.39, 0.29) is 5.91 Å². The van der Waals surface area contributed by atoms with Crippen LogP contribution in [-0.4, -0.2) is 22.5 Å². The lowest BCUT2D eigenvalue weighted by Crippen LogP contribution is -2.14. The molecule has 25 heavy (non-hydrogen) atoms. The van der Waals surface area contributed by atoms with E-state index in [1.807, 2.05) is 39.0 Å². The molecule has 0 spiro atoms. The lowest BCUT2D eigenvalue weighted by atomic mass is 10.1. The molecule has 3 aromatic rings. The van der Waals surface area contributed by atoms with Gasteiger partial charge in [-0.25, -0.2) is 9.97 Å². The molecule has 0 unspecified atom stereocenters. The second kappa shape index (κ2) is 7.19. The third-order valence-corrected chi connectivity index (χ3v) is 5.36. The first-order chi connectivity index (χ1) is 12.1. The van der Waals surface area contributed by atoms with E-state index in [2.05, 4.69) is 22.2 Å². The summed E-state index contributed by atoms with van der Waals surface area (Å²) in [5.74, 6) is 0.414. The molecule has 0 fully saturated rings. The molecule has 0 saturated heterocycles. The number of anilines is 1. The molecule has 1 aromatic carbocycles. The van der Waals surface area contributed by atoms with Crippen molar-refractivity contribution >= 4 is 33.1 Å². The molecule has 130 valence electrons. The number of fused-ring (bicyclic) bond motifs is 1. The zero-order valence-corrected chi connectivity index (χ0v) is 15.7. The molecule has 0 aliphatic carbocycles. The molecular formula is C19H21N3O2S. The number of amides is 1. The fraction of sp³-hybridized carbons (Fsp3) is 0.316. The topological polar surface area (TPSA) is 64.1 Å². The Morgan fingerprint density at radius 3 is 2.76 bits per heavy atom. The summed E-state index contributed by atoms with van der Waals surface area (Å²) in [5, 5.41) is 3.90. The number of hydrogen-bond donors (Lipinski definition) is 1. The first kappa shape index (κ1) is 17.4. The fourth-order valence-electron chi connectivity index (χ4n) is 2.87. The second-order valence-corrected chi connectivity index (χ2v) is 6.76.